The maximum Gasteiger partial charge on any atom is 0.270 e. The molecule has 0 aliphatic rings. The Balaban J connectivity index is 2.62. The monoisotopic (exact) mass is 330 g/mol. The molecule has 0 bridgehead atoms. The predicted octanol–water partition coefficient (Wildman–Crippen LogP) is 2.08. The summed E-state index contributed by atoms with van der Waals surface area (Å²) in [5, 5.41) is 18.2. The zero-order valence-electron chi connectivity index (χ0n) is 11.5. The molecule has 0 fully saturated rings. The zero-order valence-corrected chi connectivity index (χ0v) is 13.1. The second-order valence-corrected chi connectivity index (χ2v) is 4.98. The first-order valence-electron chi connectivity index (χ1n) is 5.96. The van der Waals surface area contributed by atoms with Gasteiger partial charge in [-0.2, -0.15) is 5.10 Å². The summed E-state index contributed by atoms with van der Waals surface area (Å²) in [5.41, 5.74) is 2.96. The molecular formula is C12H15ClN4O3S. The third-order valence-electron chi connectivity index (χ3n) is 2.35. The van der Waals surface area contributed by atoms with E-state index in [9.17, 15) is 10.1 Å². The lowest BCUT2D eigenvalue weighted by molar-refractivity contribution is -0.384. The van der Waals surface area contributed by atoms with Crippen molar-refractivity contribution in [3.63, 3.8) is 0 Å². The van der Waals surface area contributed by atoms with Crippen molar-refractivity contribution >= 4 is 40.8 Å². The molecule has 0 amide bonds. The molecular weight excluding hydrogens is 316 g/mol. The Morgan fingerprint density at radius 2 is 2.38 bits per heavy atom. The fourth-order valence-corrected chi connectivity index (χ4v) is 1.87. The molecule has 1 aromatic carbocycles. The number of nitro groups is 1. The first-order valence-corrected chi connectivity index (χ1v) is 6.75. The van der Waals surface area contributed by atoms with Crippen LogP contribution >= 0.6 is 23.8 Å². The van der Waals surface area contributed by atoms with Gasteiger partial charge in [0.2, 0.25) is 0 Å². The fraction of sp³-hybridized carbons (Fsp3) is 0.333. The lowest BCUT2D eigenvalue weighted by atomic mass is 10.2. The molecule has 0 spiro atoms. The van der Waals surface area contributed by atoms with E-state index in [1.807, 2.05) is 6.92 Å². The molecule has 0 aliphatic carbocycles. The molecule has 2 N–H and O–H groups in total. The summed E-state index contributed by atoms with van der Waals surface area (Å²) in [6, 6.07) is 4.13. The highest BCUT2D eigenvalue weighted by Crippen LogP contribution is 2.20. The van der Waals surface area contributed by atoms with Gasteiger partial charge in [0.15, 0.2) is 5.11 Å². The molecule has 0 saturated heterocycles. The number of halogens is 1. The van der Waals surface area contributed by atoms with Gasteiger partial charge in [-0.3, -0.25) is 15.5 Å². The summed E-state index contributed by atoms with van der Waals surface area (Å²) in [6.07, 6.45) is 1.37. The summed E-state index contributed by atoms with van der Waals surface area (Å²) in [7, 11) is 1.59. The van der Waals surface area contributed by atoms with Crippen molar-refractivity contribution in [2.24, 2.45) is 5.10 Å². The average molecular weight is 331 g/mol. The number of non-ortho nitro benzene ring substituents is 1. The average Bonchev–Trinajstić information content (AvgIpc) is 2.40. The highest BCUT2D eigenvalue weighted by molar-refractivity contribution is 7.80. The van der Waals surface area contributed by atoms with E-state index in [1.54, 1.807) is 7.11 Å². The van der Waals surface area contributed by atoms with Crippen LogP contribution in [0.15, 0.2) is 23.3 Å². The van der Waals surface area contributed by atoms with Gasteiger partial charge < -0.3 is 10.1 Å². The minimum atomic E-state index is -0.500. The minimum absolute atomic E-state index is 0.0339. The van der Waals surface area contributed by atoms with Gasteiger partial charge in [0.05, 0.1) is 17.7 Å². The van der Waals surface area contributed by atoms with E-state index >= 15 is 0 Å². The van der Waals surface area contributed by atoms with Gasteiger partial charge >= 0.3 is 0 Å². The standard InChI is InChI=1S/C12H15ClN4O3S/c1-8(7-20-2)15-12(21)16-14-6-9-5-10(17(18)19)3-4-11(9)13/h3-6,8H,7H2,1-2H3,(H2,15,16,21)/b14-6-/t8-/m0/s1. The van der Waals surface area contributed by atoms with Crippen LogP contribution in [0.4, 0.5) is 5.69 Å². The van der Waals surface area contributed by atoms with Crippen LogP contribution in [-0.2, 0) is 4.74 Å². The Bertz CT molecular complexity index is 553. The van der Waals surface area contributed by atoms with Gasteiger partial charge in [-0.15, -0.1) is 0 Å². The summed E-state index contributed by atoms with van der Waals surface area (Å²) in [6.45, 7) is 2.40. The van der Waals surface area contributed by atoms with Crippen LogP contribution in [0, 0.1) is 10.1 Å². The van der Waals surface area contributed by atoms with Crippen molar-refractivity contribution in [2.75, 3.05) is 13.7 Å². The third kappa shape index (κ3) is 6.03. The van der Waals surface area contributed by atoms with Crippen LogP contribution in [0.1, 0.15) is 12.5 Å². The SMILES string of the molecule is COC[C@H](C)NC(=S)N/N=C\c1cc([N+](=O)[O-])ccc1Cl. The first kappa shape index (κ1) is 17.3. The smallest absolute Gasteiger partial charge is 0.270 e. The first-order chi connectivity index (χ1) is 9.93. The highest BCUT2D eigenvalue weighted by atomic mass is 35.5. The quantitative estimate of drug-likeness (QED) is 0.359. The van der Waals surface area contributed by atoms with Gasteiger partial charge in [-0.25, -0.2) is 0 Å². The van der Waals surface area contributed by atoms with Crippen molar-refractivity contribution < 1.29 is 9.66 Å². The number of ether oxygens (including phenoxy) is 1. The number of methoxy groups -OCH3 is 1. The molecule has 0 heterocycles. The molecule has 114 valence electrons. The summed E-state index contributed by atoms with van der Waals surface area (Å²) in [5.74, 6) is 0. The Hall–Kier alpha value is -1.77. The van der Waals surface area contributed by atoms with Crippen LogP contribution in [0.25, 0.3) is 0 Å². The number of benzene rings is 1. The number of nitrogens with zero attached hydrogens (tertiary/aromatic N) is 2. The highest BCUT2D eigenvalue weighted by Gasteiger charge is 2.08. The number of hydrogen-bond acceptors (Lipinski definition) is 5. The summed E-state index contributed by atoms with van der Waals surface area (Å²) in [4.78, 5) is 10.2. The maximum atomic E-state index is 10.7. The van der Waals surface area contributed by atoms with Crippen molar-refractivity contribution in [1.29, 1.82) is 0 Å². The van der Waals surface area contributed by atoms with Gasteiger partial charge in [-0.05, 0) is 25.2 Å². The molecule has 0 unspecified atom stereocenters. The van der Waals surface area contributed by atoms with Crippen molar-refractivity contribution in [2.45, 2.75) is 13.0 Å². The van der Waals surface area contributed by atoms with E-state index in [-0.39, 0.29) is 11.7 Å². The molecule has 0 saturated carbocycles. The number of nitro benzene ring substituents is 1. The van der Waals surface area contributed by atoms with E-state index in [4.69, 9.17) is 28.6 Å². The minimum Gasteiger partial charge on any atom is -0.383 e. The second-order valence-electron chi connectivity index (χ2n) is 4.16. The van der Waals surface area contributed by atoms with E-state index in [0.717, 1.165) is 0 Å². The summed E-state index contributed by atoms with van der Waals surface area (Å²) >= 11 is 11.0. The largest absolute Gasteiger partial charge is 0.383 e. The number of rotatable bonds is 6. The van der Waals surface area contributed by atoms with Crippen LogP contribution in [0.5, 0.6) is 0 Å². The molecule has 0 radical (unpaired) electrons. The topological polar surface area (TPSA) is 88.8 Å². The molecule has 21 heavy (non-hydrogen) atoms. The number of nitrogens with one attached hydrogen (secondary N) is 2. The number of thiocarbonyl (C=S) groups is 1. The van der Waals surface area contributed by atoms with E-state index < -0.39 is 4.92 Å². The van der Waals surface area contributed by atoms with Crippen LogP contribution in [0.3, 0.4) is 0 Å². The molecule has 9 heteroatoms. The third-order valence-corrected chi connectivity index (χ3v) is 2.91. The lowest BCUT2D eigenvalue weighted by Crippen LogP contribution is -2.40. The van der Waals surface area contributed by atoms with Crippen LogP contribution < -0.4 is 10.7 Å². The van der Waals surface area contributed by atoms with Gasteiger partial charge in [-0.1, -0.05) is 11.6 Å². The Kier molecular flexibility index (Phi) is 7.00. The molecule has 1 atom stereocenters. The second kappa shape index (κ2) is 8.50. The Morgan fingerprint density at radius 3 is 3.00 bits per heavy atom. The Labute approximate surface area is 132 Å². The number of hydrazone groups is 1. The molecule has 7 nitrogen and oxygen atoms in total. The van der Waals surface area contributed by atoms with Gasteiger partial charge in [0.1, 0.15) is 0 Å². The Morgan fingerprint density at radius 1 is 1.67 bits per heavy atom. The predicted molar refractivity (Wildman–Crippen MR) is 85.9 cm³/mol. The molecule has 0 aromatic heterocycles. The molecule has 1 rings (SSSR count). The summed E-state index contributed by atoms with van der Waals surface area (Å²) < 4.78 is 4.96. The van der Waals surface area contributed by atoms with Crippen LogP contribution in [0.2, 0.25) is 5.02 Å². The van der Waals surface area contributed by atoms with Gasteiger partial charge in [0.25, 0.3) is 5.69 Å². The van der Waals surface area contributed by atoms with Crippen LogP contribution in [-0.4, -0.2) is 36.0 Å². The number of hydrogen-bond donors (Lipinski definition) is 2. The maximum absolute atomic E-state index is 10.7. The van der Waals surface area contributed by atoms with Crippen molar-refractivity contribution in [1.82, 2.24) is 10.7 Å². The normalized spacial score (nSPS) is 12.1. The van der Waals surface area contributed by atoms with Crippen molar-refractivity contribution in [3.05, 3.63) is 38.9 Å². The van der Waals surface area contributed by atoms with Crippen molar-refractivity contribution in [3.8, 4) is 0 Å². The fourth-order valence-electron chi connectivity index (χ4n) is 1.45. The molecule has 1 aromatic rings. The van der Waals surface area contributed by atoms with E-state index in [0.29, 0.717) is 22.3 Å². The van der Waals surface area contributed by atoms with E-state index in [2.05, 4.69) is 15.8 Å². The lowest BCUT2D eigenvalue weighted by Gasteiger charge is -2.13. The van der Waals surface area contributed by atoms with Gasteiger partial charge in [0, 0.05) is 35.9 Å². The zero-order chi connectivity index (χ0) is 15.8. The molecule has 0 aliphatic heterocycles. The van der Waals surface area contributed by atoms with E-state index in [1.165, 1.54) is 24.4 Å².